The second-order valence-electron chi connectivity index (χ2n) is 5.97. The second kappa shape index (κ2) is 8.52. The predicted molar refractivity (Wildman–Crippen MR) is 88.5 cm³/mol. The molecule has 0 spiro atoms. The van der Waals surface area contributed by atoms with E-state index in [1.807, 2.05) is 0 Å². The molecule has 0 aliphatic carbocycles. The Morgan fingerprint density at radius 2 is 2.19 bits per heavy atom. The molecule has 118 valence electrons. The number of fused-ring (bicyclic) bond motifs is 1. The Morgan fingerprint density at radius 1 is 1.33 bits per heavy atom. The van der Waals surface area contributed by atoms with Crippen LogP contribution in [0.15, 0.2) is 18.2 Å². The molecule has 1 aliphatic rings. The molecule has 0 bridgehead atoms. The summed E-state index contributed by atoms with van der Waals surface area (Å²) in [5.41, 5.74) is 4.45. The third-order valence-corrected chi connectivity index (χ3v) is 4.48. The molecule has 0 radical (unpaired) electrons. The van der Waals surface area contributed by atoms with Crippen LogP contribution in [0.4, 0.5) is 0 Å². The van der Waals surface area contributed by atoms with Gasteiger partial charge < -0.3 is 10.4 Å². The zero-order valence-corrected chi connectivity index (χ0v) is 13.6. The first-order valence-corrected chi connectivity index (χ1v) is 8.47. The van der Waals surface area contributed by atoms with Crippen molar-refractivity contribution < 1.29 is 5.11 Å². The van der Waals surface area contributed by atoms with Crippen molar-refractivity contribution in [1.29, 1.82) is 0 Å². The van der Waals surface area contributed by atoms with Crippen molar-refractivity contribution in [3.05, 3.63) is 34.9 Å². The molecule has 0 saturated heterocycles. The van der Waals surface area contributed by atoms with E-state index in [0.717, 1.165) is 26.1 Å². The first kappa shape index (κ1) is 16.5. The van der Waals surface area contributed by atoms with Gasteiger partial charge in [-0.15, -0.1) is 0 Å². The summed E-state index contributed by atoms with van der Waals surface area (Å²) in [4.78, 5) is 2.62. The van der Waals surface area contributed by atoms with Gasteiger partial charge in [-0.05, 0) is 49.0 Å². The van der Waals surface area contributed by atoms with Crippen molar-refractivity contribution >= 4 is 0 Å². The lowest BCUT2D eigenvalue weighted by Gasteiger charge is -2.37. The van der Waals surface area contributed by atoms with Gasteiger partial charge in [0.25, 0.3) is 0 Å². The van der Waals surface area contributed by atoms with Crippen LogP contribution >= 0.6 is 0 Å². The molecule has 21 heavy (non-hydrogen) atoms. The van der Waals surface area contributed by atoms with Crippen LogP contribution in [0.25, 0.3) is 0 Å². The number of nitrogens with one attached hydrogen (secondary N) is 1. The summed E-state index contributed by atoms with van der Waals surface area (Å²) in [6.45, 7) is 8.94. The van der Waals surface area contributed by atoms with Crippen molar-refractivity contribution in [3.63, 3.8) is 0 Å². The SMILES string of the molecule is CCCC1c2ccc(CNCCCO)cc2CCN1CC. The van der Waals surface area contributed by atoms with Gasteiger partial charge in [-0.1, -0.05) is 38.5 Å². The maximum absolute atomic E-state index is 8.80. The van der Waals surface area contributed by atoms with Crippen LogP contribution in [0.1, 0.15) is 55.8 Å². The normalized spacial score (nSPS) is 18.7. The van der Waals surface area contributed by atoms with Crippen molar-refractivity contribution in [2.24, 2.45) is 0 Å². The van der Waals surface area contributed by atoms with Crippen LogP contribution in [-0.2, 0) is 13.0 Å². The number of aliphatic hydroxyl groups excluding tert-OH is 1. The van der Waals surface area contributed by atoms with Gasteiger partial charge in [0.2, 0.25) is 0 Å². The lowest BCUT2D eigenvalue weighted by molar-refractivity contribution is 0.184. The molecule has 1 aliphatic heterocycles. The number of nitrogens with zero attached hydrogens (tertiary/aromatic N) is 1. The largest absolute Gasteiger partial charge is 0.396 e. The standard InChI is InChI=1S/C18H30N2O/c1-3-6-18-17-8-7-15(14-19-10-5-12-21)13-16(17)9-11-20(18)4-2/h7-8,13,18-19,21H,3-6,9-12,14H2,1-2H3. The van der Waals surface area contributed by atoms with Gasteiger partial charge in [0.1, 0.15) is 0 Å². The number of hydrogen-bond donors (Lipinski definition) is 2. The molecule has 0 amide bonds. The minimum atomic E-state index is 0.267. The van der Waals surface area contributed by atoms with E-state index in [1.165, 1.54) is 31.4 Å². The number of rotatable bonds is 8. The zero-order valence-electron chi connectivity index (χ0n) is 13.6. The summed E-state index contributed by atoms with van der Waals surface area (Å²) >= 11 is 0. The van der Waals surface area contributed by atoms with E-state index >= 15 is 0 Å². The van der Waals surface area contributed by atoms with Crippen LogP contribution in [0.5, 0.6) is 0 Å². The second-order valence-corrected chi connectivity index (χ2v) is 5.97. The van der Waals surface area contributed by atoms with Crippen molar-refractivity contribution in [3.8, 4) is 0 Å². The highest BCUT2D eigenvalue weighted by Crippen LogP contribution is 2.33. The highest BCUT2D eigenvalue weighted by atomic mass is 16.3. The smallest absolute Gasteiger partial charge is 0.0443 e. The maximum atomic E-state index is 8.80. The first-order chi connectivity index (χ1) is 10.3. The maximum Gasteiger partial charge on any atom is 0.0443 e. The lowest BCUT2D eigenvalue weighted by Crippen LogP contribution is -2.35. The van der Waals surface area contributed by atoms with E-state index in [-0.39, 0.29) is 6.61 Å². The minimum Gasteiger partial charge on any atom is -0.396 e. The quantitative estimate of drug-likeness (QED) is 0.723. The van der Waals surface area contributed by atoms with E-state index in [4.69, 9.17) is 5.11 Å². The summed E-state index contributed by atoms with van der Waals surface area (Å²) < 4.78 is 0. The third kappa shape index (κ3) is 4.29. The van der Waals surface area contributed by atoms with E-state index in [0.29, 0.717) is 6.04 Å². The molecule has 1 atom stereocenters. The summed E-state index contributed by atoms with van der Waals surface area (Å²) in [6.07, 6.45) is 4.50. The predicted octanol–water partition coefficient (Wildman–Crippen LogP) is 2.88. The summed E-state index contributed by atoms with van der Waals surface area (Å²) in [5, 5.41) is 12.2. The van der Waals surface area contributed by atoms with Gasteiger partial charge in [0.15, 0.2) is 0 Å². The molecule has 0 fully saturated rings. The molecular weight excluding hydrogens is 260 g/mol. The van der Waals surface area contributed by atoms with Gasteiger partial charge in [-0.3, -0.25) is 4.90 Å². The molecular formula is C18H30N2O. The zero-order chi connectivity index (χ0) is 15.1. The highest BCUT2D eigenvalue weighted by molar-refractivity contribution is 5.36. The summed E-state index contributed by atoms with van der Waals surface area (Å²) in [6, 6.07) is 7.62. The average molecular weight is 290 g/mol. The van der Waals surface area contributed by atoms with Crippen LogP contribution < -0.4 is 5.32 Å². The lowest BCUT2D eigenvalue weighted by atomic mass is 9.89. The van der Waals surface area contributed by atoms with Crippen LogP contribution in [0.3, 0.4) is 0 Å². The van der Waals surface area contributed by atoms with Crippen LogP contribution in [0.2, 0.25) is 0 Å². The molecule has 0 aromatic heterocycles. The molecule has 0 saturated carbocycles. The fraction of sp³-hybridized carbons (Fsp3) is 0.667. The molecule has 1 heterocycles. The van der Waals surface area contributed by atoms with Crippen LogP contribution in [-0.4, -0.2) is 36.2 Å². The van der Waals surface area contributed by atoms with Crippen molar-refractivity contribution in [2.75, 3.05) is 26.2 Å². The summed E-state index contributed by atoms with van der Waals surface area (Å²) in [7, 11) is 0. The number of benzene rings is 1. The summed E-state index contributed by atoms with van der Waals surface area (Å²) in [5.74, 6) is 0. The average Bonchev–Trinajstić information content (AvgIpc) is 2.52. The Balaban J connectivity index is 2.06. The third-order valence-electron chi connectivity index (χ3n) is 4.48. The topological polar surface area (TPSA) is 35.5 Å². The molecule has 1 unspecified atom stereocenters. The number of hydrogen-bond acceptors (Lipinski definition) is 3. The van der Waals surface area contributed by atoms with E-state index in [9.17, 15) is 0 Å². The Bertz CT molecular complexity index is 433. The first-order valence-electron chi connectivity index (χ1n) is 8.47. The van der Waals surface area contributed by atoms with Gasteiger partial charge >= 0.3 is 0 Å². The van der Waals surface area contributed by atoms with Crippen molar-refractivity contribution in [1.82, 2.24) is 10.2 Å². The molecule has 2 N–H and O–H groups in total. The number of aliphatic hydroxyl groups is 1. The van der Waals surface area contributed by atoms with Crippen molar-refractivity contribution in [2.45, 2.75) is 52.1 Å². The number of likely N-dealkylation sites (N-methyl/N-ethyl adjacent to an activating group) is 1. The van der Waals surface area contributed by atoms with E-state index in [1.54, 1.807) is 11.1 Å². The molecule has 1 aromatic carbocycles. The minimum absolute atomic E-state index is 0.267. The highest BCUT2D eigenvalue weighted by Gasteiger charge is 2.25. The molecule has 3 nitrogen and oxygen atoms in total. The Hall–Kier alpha value is -0.900. The molecule has 3 heteroatoms. The Kier molecular flexibility index (Phi) is 6.68. The van der Waals surface area contributed by atoms with Gasteiger partial charge in [-0.2, -0.15) is 0 Å². The fourth-order valence-electron chi connectivity index (χ4n) is 3.35. The van der Waals surface area contributed by atoms with Gasteiger partial charge in [0, 0.05) is 25.7 Å². The van der Waals surface area contributed by atoms with Crippen LogP contribution in [0, 0.1) is 0 Å². The van der Waals surface area contributed by atoms with E-state index in [2.05, 4.69) is 42.3 Å². The fourth-order valence-corrected chi connectivity index (χ4v) is 3.35. The Morgan fingerprint density at radius 3 is 2.90 bits per heavy atom. The van der Waals surface area contributed by atoms with E-state index < -0.39 is 0 Å². The molecule has 2 rings (SSSR count). The van der Waals surface area contributed by atoms with Gasteiger partial charge in [-0.25, -0.2) is 0 Å². The monoisotopic (exact) mass is 290 g/mol. The van der Waals surface area contributed by atoms with Gasteiger partial charge in [0.05, 0.1) is 0 Å². The molecule has 1 aromatic rings. The Labute approximate surface area is 129 Å².